The van der Waals surface area contributed by atoms with E-state index in [2.05, 4.69) is 25.7 Å². The van der Waals surface area contributed by atoms with Crippen LogP contribution in [-0.2, 0) is 5.54 Å². The number of carbonyl (C=O) groups is 1. The van der Waals surface area contributed by atoms with Gasteiger partial charge in [0, 0.05) is 22.5 Å². The first kappa shape index (κ1) is 16.9. The Balaban J connectivity index is 1.37. The average molecular weight is 390 g/mol. The van der Waals surface area contributed by atoms with Crippen molar-refractivity contribution < 1.29 is 4.79 Å². The summed E-state index contributed by atoms with van der Waals surface area (Å²) < 4.78 is 0. The third-order valence-corrected chi connectivity index (χ3v) is 7.24. The Hall–Kier alpha value is -3.03. The van der Waals surface area contributed by atoms with E-state index in [9.17, 15) is 9.59 Å². The largest absolute Gasteiger partial charge is 0.346 e. The molecule has 7 rings (SSSR count). The zero-order valence-corrected chi connectivity index (χ0v) is 16.0. The van der Waals surface area contributed by atoms with E-state index in [4.69, 9.17) is 0 Å². The van der Waals surface area contributed by atoms with Crippen molar-refractivity contribution in [2.75, 3.05) is 0 Å². The van der Waals surface area contributed by atoms with Crippen LogP contribution < -0.4 is 10.9 Å². The molecule has 8 nitrogen and oxygen atoms in total. The molecule has 1 amide bonds. The van der Waals surface area contributed by atoms with Crippen molar-refractivity contribution >= 4 is 16.7 Å². The van der Waals surface area contributed by atoms with Gasteiger partial charge >= 0.3 is 0 Å². The van der Waals surface area contributed by atoms with Crippen molar-refractivity contribution in [1.29, 1.82) is 0 Å². The summed E-state index contributed by atoms with van der Waals surface area (Å²) in [6.07, 6.45) is 9.18. The zero-order chi connectivity index (χ0) is 19.6. The standard InChI is InChI=1S/C21H22N6O2/c28-18-16-4-2-1-3-15(16)17(10-22-18)19(29)25-20-6-13-5-14(7-20)9-21(8-13,11-20)27-24-12-23-26-27/h1-4,10,12-14H,5-9,11H2,(H,22,28)(H,25,29). The Morgan fingerprint density at radius 2 is 1.90 bits per heavy atom. The quantitative estimate of drug-likeness (QED) is 0.711. The number of hydrogen-bond acceptors (Lipinski definition) is 5. The number of nitrogens with one attached hydrogen (secondary N) is 2. The monoisotopic (exact) mass is 390 g/mol. The summed E-state index contributed by atoms with van der Waals surface area (Å²) in [4.78, 5) is 30.0. The molecule has 2 heterocycles. The Morgan fingerprint density at radius 3 is 2.62 bits per heavy atom. The number of hydrogen-bond donors (Lipinski definition) is 2. The van der Waals surface area contributed by atoms with Crippen LogP contribution in [0.4, 0.5) is 0 Å². The smallest absolute Gasteiger partial charge is 0.255 e. The number of H-pyrrole nitrogens is 1. The maximum Gasteiger partial charge on any atom is 0.255 e. The topological polar surface area (TPSA) is 106 Å². The minimum atomic E-state index is -0.258. The van der Waals surface area contributed by atoms with Crippen molar-refractivity contribution in [2.45, 2.75) is 49.6 Å². The van der Waals surface area contributed by atoms with Crippen LogP contribution in [0.2, 0.25) is 0 Å². The number of nitrogens with zero attached hydrogens (tertiary/aromatic N) is 4. The lowest BCUT2D eigenvalue weighted by molar-refractivity contribution is -0.0810. The normalized spacial score (nSPS) is 32.6. The number of benzene rings is 1. The first-order chi connectivity index (χ1) is 14.1. The van der Waals surface area contributed by atoms with Gasteiger partial charge in [0.05, 0.1) is 11.1 Å². The van der Waals surface area contributed by atoms with E-state index < -0.39 is 0 Å². The fourth-order valence-corrected chi connectivity index (χ4v) is 6.68. The average Bonchev–Trinajstić information content (AvgIpc) is 3.23. The molecule has 1 aromatic carbocycles. The number of amides is 1. The van der Waals surface area contributed by atoms with Crippen molar-refractivity contribution in [3.63, 3.8) is 0 Å². The van der Waals surface area contributed by atoms with Gasteiger partial charge in [0.1, 0.15) is 0 Å². The van der Waals surface area contributed by atoms with Crippen molar-refractivity contribution in [3.05, 3.63) is 52.7 Å². The number of rotatable bonds is 3. The Labute approximate surface area is 166 Å². The lowest BCUT2D eigenvalue weighted by Crippen LogP contribution is -2.66. The van der Waals surface area contributed by atoms with Gasteiger partial charge < -0.3 is 10.3 Å². The molecule has 2 aromatic heterocycles. The molecular formula is C21H22N6O2. The fourth-order valence-electron chi connectivity index (χ4n) is 6.68. The molecule has 2 atom stereocenters. The Morgan fingerprint density at radius 1 is 1.14 bits per heavy atom. The van der Waals surface area contributed by atoms with Crippen LogP contribution in [0.5, 0.6) is 0 Å². The molecule has 0 saturated heterocycles. The molecule has 8 heteroatoms. The molecule has 0 aliphatic heterocycles. The van der Waals surface area contributed by atoms with Crippen LogP contribution in [-0.4, -0.2) is 36.6 Å². The summed E-state index contributed by atoms with van der Waals surface area (Å²) in [5.41, 5.74) is -0.0699. The molecule has 148 valence electrons. The number of fused-ring (bicyclic) bond motifs is 1. The highest BCUT2D eigenvalue weighted by molar-refractivity contribution is 6.06. The lowest BCUT2D eigenvalue weighted by atomic mass is 9.50. The van der Waals surface area contributed by atoms with E-state index in [1.807, 2.05) is 18.2 Å². The lowest BCUT2D eigenvalue weighted by Gasteiger charge is -2.61. The summed E-state index contributed by atoms with van der Waals surface area (Å²) >= 11 is 0. The molecule has 0 spiro atoms. The number of aromatic amines is 1. The third-order valence-electron chi connectivity index (χ3n) is 7.24. The number of tetrazole rings is 1. The van der Waals surface area contributed by atoms with Gasteiger partial charge in [-0.05, 0) is 61.6 Å². The second-order valence-corrected chi connectivity index (χ2v) is 9.22. The number of carbonyl (C=O) groups excluding carboxylic acids is 1. The van der Waals surface area contributed by atoms with Crippen LogP contribution in [0.25, 0.3) is 10.8 Å². The third kappa shape index (κ3) is 2.47. The minimum absolute atomic E-state index is 0.124. The van der Waals surface area contributed by atoms with Gasteiger partial charge in [0.15, 0.2) is 6.33 Å². The van der Waals surface area contributed by atoms with E-state index in [1.54, 1.807) is 10.9 Å². The maximum atomic E-state index is 13.4. The van der Waals surface area contributed by atoms with Gasteiger partial charge in [-0.25, -0.2) is 0 Å². The molecular weight excluding hydrogens is 368 g/mol. The molecule has 4 aliphatic rings. The van der Waals surface area contributed by atoms with Gasteiger partial charge in [-0.15, -0.1) is 10.2 Å². The van der Waals surface area contributed by atoms with Crippen LogP contribution in [0, 0.1) is 11.8 Å². The molecule has 2 N–H and O–H groups in total. The molecule has 4 aliphatic carbocycles. The van der Waals surface area contributed by atoms with Crippen LogP contribution in [0.1, 0.15) is 48.9 Å². The maximum absolute atomic E-state index is 13.4. The Kier molecular flexibility index (Phi) is 3.34. The number of aromatic nitrogens is 5. The van der Waals surface area contributed by atoms with E-state index in [0.29, 0.717) is 28.2 Å². The highest BCUT2D eigenvalue weighted by atomic mass is 16.2. The van der Waals surface area contributed by atoms with Crippen LogP contribution >= 0.6 is 0 Å². The molecule has 29 heavy (non-hydrogen) atoms. The summed E-state index contributed by atoms with van der Waals surface area (Å²) in [5.74, 6) is 1.01. The highest BCUT2D eigenvalue weighted by Crippen LogP contribution is 2.60. The first-order valence-corrected chi connectivity index (χ1v) is 10.2. The van der Waals surface area contributed by atoms with Gasteiger partial charge in [-0.2, -0.15) is 4.80 Å². The fraction of sp³-hybridized carbons (Fsp3) is 0.476. The summed E-state index contributed by atoms with van der Waals surface area (Å²) in [6, 6.07) is 7.25. The van der Waals surface area contributed by atoms with Gasteiger partial charge in [0.2, 0.25) is 0 Å². The van der Waals surface area contributed by atoms with Crippen LogP contribution in [0.3, 0.4) is 0 Å². The van der Waals surface area contributed by atoms with E-state index in [1.165, 1.54) is 18.9 Å². The van der Waals surface area contributed by atoms with Gasteiger partial charge in [-0.1, -0.05) is 18.2 Å². The SMILES string of the molecule is O=C(NC12CC3CC(C1)CC(n1ncnn1)(C3)C2)c1c[nH]c(=O)c2ccccc12. The molecule has 4 fully saturated rings. The first-order valence-electron chi connectivity index (χ1n) is 10.2. The summed E-state index contributed by atoms with van der Waals surface area (Å²) in [5, 5.41) is 17.1. The van der Waals surface area contributed by atoms with Crippen molar-refractivity contribution in [3.8, 4) is 0 Å². The zero-order valence-electron chi connectivity index (χ0n) is 16.0. The summed E-state index contributed by atoms with van der Waals surface area (Å²) in [7, 11) is 0. The second kappa shape index (κ2) is 5.75. The van der Waals surface area contributed by atoms with E-state index in [0.717, 1.165) is 32.1 Å². The minimum Gasteiger partial charge on any atom is -0.346 e. The highest BCUT2D eigenvalue weighted by Gasteiger charge is 2.60. The number of pyridine rings is 1. The van der Waals surface area contributed by atoms with E-state index >= 15 is 0 Å². The predicted molar refractivity (Wildman–Crippen MR) is 105 cm³/mol. The summed E-state index contributed by atoms with van der Waals surface area (Å²) in [6.45, 7) is 0. The second-order valence-electron chi connectivity index (χ2n) is 9.22. The van der Waals surface area contributed by atoms with Crippen molar-refractivity contribution in [1.82, 2.24) is 30.5 Å². The van der Waals surface area contributed by atoms with E-state index in [-0.39, 0.29) is 22.5 Å². The molecule has 4 saturated carbocycles. The molecule has 2 unspecified atom stereocenters. The Bertz CT molecular complexity index is 1150. The predicted octanol–water partition coefficient (Wildman–Crippen LogP) is 1.99. The van der Waals surface area contributed by atoms with Crippen molar-refractivity contribution in [2.24, 2.45) is 11.8 Å². The molecule has 3 aromatic rings. The molecule has 0 radical (unpaired) electrons. The van der Waals surface area contributed by atoms with Gasteiger partial charge in [0.25, 0.3) is 11.5 Å². The molecule has 4 bridgehead atoms. The van der Waals surface area contributed by atoms with Crippen LogP contribution in [0.15, 0.2) is 41.6 Å². The van der Waals surface area contributed by atoms with Gasteiger partial charge in [-0.3, -0.25) is 9.59 Å².